The Kier molecular flexibility index (Phi) is 7.05. The molecular weight excluding hydrogens is 345 g/mol. The van der Waals surface area contributed by atoms with Gasteiger partial charge in [-0.2, -0.15) is 0 Å². The van der Waals surface area contributed by atoms with Crippen molar-refractivity contribution in [2.24, 2.45) is 23.7 Å². The van der Waals surface area contributed by atoms with Crippen molar-refractivity contribution in [3.8, 4) is 11.8 Å². The number of hydrogen-bond donors (Lipinski definition) is 0. The van der Waals surface area contributed by atoms with E-state index >= 15 is 0 Å². The third-order valence-electron chi connectivity index (χ3n) is 6.60. The highest BCUT2D eigenvalue weighted by Gasteiger charge is 2.29. The molecular formula is C24H29F3. The van der Waals surface area contributed by atoms with Crippen LogP contribution in [0, 0.1) is 53.0 Å². The number of benzene rings is 1. The molecule has 1 aromatic carbocycles. The fourth-order valence-electron chi connectivity index (χ4n) is 4.81. The van der Waals surface area contributed by atoms with Gasteiger partial charge in [-0.15, -0.1) is 0 Å². The Bertz CT molecular complexity index is 686. The van der Waals surface area contributed by atoms with E-state index in [0.29, 0.717) is 5.92 Å². The zero-order valence-corrected chi connectivity index (χ0v) is 16.1. The maximum absolute atomic E-state index is 13.2. The first-order valence-corrected chi connectivity index (χ1v) is 10.4. The van der Waals surface area contributed by atoms with Crippen molar-refractivity contribution in [2.75, 3.05) is 0 Å². The SMILES string of the molecule is CC[C@H]1CC[C@H]([C@H]2CC[C@H](C=CC#Cc3cc(F)c(F)c(F)c3)CC2)CC1. The standard InChI is InChI=1S/C24H29F3/c1-2-17-7-11-20(12-8-17)21-13-9-18(10-14-21)5-3-4-6-19-15-22(25)24(27)23(26)16-19/h3,5,15-18,20-21H,2,7-14H2,1H3/t17-,18-,20-,21-. The van der Waals surface area contributed by atoms with Gasteiger partial charge in [-0.05, 0) is 80.4 Å². The van der Waals surface area contributed by atoms with Gasteiger partial charge in [0.2, 0.25) is 0 Å². The molecule has 27 heavy (non-hydrogen) atoms. The minimum Gasteiger partial charge on any atom is -0.204 e. The summed E-state index contributed by atoms with van der Waals surface area (Å²) >= 11 is 0. The van der Waals surface area contributed by atoms with Gasteiger partial charge in [0.25, 0.3) is 0 Å². The quantitative estimate of drug-likeness (QED) is 0.393. The first-order chi connectivity index (χ1) is 13.1. The molecule has 0 radical (unpaired) electrons. The Morgan fingerprint density at radius 1 is 0.889 bits per heavy atom. The lowest BCUT2D eigenvalue weighted by atomic mass is 9.69. The van der Waals surface area contributed by atoms with Gasteiger partial charge in [0, 0.05) is 5.56 Å². The monoisotopic (exact) mass is 374 g/mol. The maximum atomic E-state index is 13.2. The Hall–Kier alpha value is -1.69. The minimum absolute atomic E-state index is 0.155. The van der Waals surface area contributed by atoms with Gasteiger partial charge >= 0.3 is 0 Å². The number of rotatable bonds is 3. The molecule has 2 fully saturated rings. The van der Waals surface area contributed by atoms with E-state index in [4.69, 9.17) is 0 Å². The van der Waals surface area contributed by atoms with Gasteiger partial charge in [-0.25, -0.2) is 13.2 Å². The molecule has 0 atom stereocenters. The van der Waals surface area contributed by atoms with Crippen LogP contribution in [0.2, 0.25) is 0 Å². The number of allylic oxidation sites excluding steroid dienone is 2. The molecule has 0 unspecified atom stereocenters. The summed E-state index contributed by atoms with van der Waals surface area (Å²) in [6.07, 6.45) is 15.9. The third-order valence-corrected chi connectivity index (χ3v) is 6.60. The number of hydrogen-bond acceptors (Lipinski definition) is 0. The molecule has 0 bridgehead atoms. The van der Waals surface area contributed by atoms with Crippen LogP contribution in [0.25, 0.3) is 0 Å². The summed E-state index contributed by atoms with van der Waals surface area (Å²) in [5.41, 5.74) is 0.155. The molecule has 0 spiro atoms. The summed E-state index contributed by atoms with van der Waals surface area (Å²) in [6.45, 7) is 2.31. The van der Waals surface area contributed by atoms with Crippen LogP contribution in [0.3, 0.4) is 0 Å². The van der Waals surface area contributed by atoms with Gasteiger partial charge in [0.15, 0.2) is 17.5 Å². The predicted octanol–water partition coefficient (Wildman–Crippen LogP) is 7.03. The van der Waals surface area contributed by atoms with Crippen LogP contribution in [-0.4, -0.2) is 0 Å². The first-order valence-electron chi connectivity index (χ1n) is 10.4. The molecule has 2 aliphatic rings. The third kappa shape index (κ3) is 5.41. The summed E-state index contributed by atoms with van der Waals surface area (Å²) in [5, 5.41) is 0. The molecule has 0 aromatic heterocycles. The molecule has 1 aromatic rings. The van der Waals surface area contributed by atoms with Crippen molar-refractivity contribution in [1.82, 2.24) is 0 Å². The molecule has 0 nitrogen and oxygen atoms in total. The van der Waals surface area contributed by atoms with Crippen LogP contribution in [0.4, 0.5) is 13.2 Å². The average molecular weight is 374 g/mol. The molecule has 2 saturated carbocycles. The highest BCUT2D eigenvalue weighted by atomic mass is 19.2. The van der Waals surface area contributed by atoms with Crippen LogP contribution >= 0.6 is 0 Å². The second-order valence-electron chi connectivity index (χ2n) is 8.25. The average Bonchev–Trinajstić information content (AvgIpc) is 2.70. The van der Waals surface area contributed by atoms with E-state index in [1.54, 1.807) is 6.08 Å². The van der Waals surface area contributed by atoms with Crippen molar-refractivity contribution in [1.29, 1.82) is 0 Å². The summed E-state index contributed by atoms with van der Waals surface area (Å²) in [4.78, 5) is 0. The highest BCUT2D eigenvalue weighted by Crippen LogP contribution is 2.42. The minimum atomic E-state index is -1.45. The van der Waals surface area contributed by atoms with E-state index in [2.05, 4.69) is 24.8 Å². The lowest BCUT2D eigenvalue weighted by molar-refractivity contribution is 0.154. The predicted molar refractivity (Wildman–Crippen MR) is 104 cm³/mol. The largest absolute Gasteiger partial charge is 0.204 e. The zero-order valence-electron chi connectivity index (χ0n) is 16.1. The van der Waals surface area contributed by atoms with Crippen molar-refractivity contribution >= 4 is 0 Å². The van der Waals surface area contributed by atoms with Crippen LogP contribution in [0.1, 0.15) is 70.3 Å². The Morgan fingerprint density at radius 3 is 2.00 bits per heavy atom. The van der Waals surface area contributed by atoms with Gasteiger partial charge in [-0.3, -0.25) is 0 Å². The molecule has 3 rings (SSSR count). The summed E-state index contributed by atoms with van der Waals surface area (Å²) < 4.78 is 39.3. The molecule has 0 saturated heterocycles. The van der Waals surface area contributed by atoms with Gasteiger partial charge < -0.3 is 0 Å². The maximum Gasteiger partial charge on any atom is 0.194 e. The summed E-state index contributed by atoms with van der Waals surface area (Å²) in [5.74, 6) is 4.98. The van der Waals surface area contributed by atoms with E-state index in [1.165, 1.54) is 57.8 Å². The lowest BCUT2D eigenvalue weighted by Gasteiger charge is -2.37. The van der Waals surface area contributed by atoms with Crippen LogP contribution in [0.15, 0.2) is 24.3 Å². The summed E-state index contributed by atoms with van der Waals surface area (Å²) in [6, 6.07) is 1.86. The van der Waals surface area contributed by atoms with Crippen molar-refractivity contribution < 1.29 is 13.2 Å². The van der Waals surface area contributed by atoms with Crippen LogP contribution in [-0.2, 0) is 0 Å². The van der Waals surface area contributed by atoms with E-state index in [-0.39, 0.29) is 5.56 Å². The molecule has 0 heterocycles. The molecule has 3 heteroatoms. The van der Waals surface area contributed by atoms with Gasteiger partial charge in [0.05, 0.1) is 0 Å². The number of halogens is 3. The smallest absolute Gasteiger partial charge is 0.194 e. The highest BCUT2D eigenvalue weighted by molar-refractivity contribution is 5.37. The zero-order chi connectivity index (χ0) is 19.2. The molecule has 2 aliphatic carbocycles. The fraction of sp³-hybridized carbons (Fsp3) is 0.583. The second kappa shape index (κ2) is 9.49. The second-order valence-corrected chi connectivity index (χ2v) is 8.25. The van der Waals surface area contributed by atoms with E-state index in [1.807, 2.05) is 0 Å². The van der Waals surface area contributed by atoms with Crippen molar-refractivity contribution in [3.05, 3.63) is 47.3 Å². The normalized spacial score (nSPS) is 28.7. The van der Waals surface area contributed by atoms with Crippen LogP contribution < -0.4 is 0 Å². The molecule has 0 amide bonds. The molecule has 0 N–H and O–H groups in total. The molecule has 0 aliphatic heterocycles. The van der Waals surface area contributed by atoms with E-state index in [0.717, 1.165) is 29.9 Å². The van der Waals surface area contributed by atoms with E-state index in [9.17, 15) is 13.2 Å². The first kappa shape index (κ1) is 20.1. The van der Waals surface area contributed by atoms with Crippen molar-refractivity contribution in [3.63, 3.8) is 0 Å². The van der Waals surface area contributed by atoms with Crippen LogP contribution in [0.5, 0.6) is 0 Å². The van der Waals surface area contributed by atoms with Crippen molar-refractivity contribution in [2.45, 2.75) is 64.7 Å². The molecule has 146 valence electrons. The lowest BCUT2D eigenvalue weighted by Crippen LogP contribution is -2.25. The van der Waals surface area contributed by atoms with Gasteiger partial charge in [-0.1, -0.05) is 44.1 Å². The Balaban J connectivity index is 1.46. The van der Waals surface area contributed by atoms with E-state index < -0.39 is 17.5 Å². The topological polar surface area (TPSA) is 0 Å². The fourth-order valence-corrected chi connectivity index (χ4v) is 4.81. The summed E-state index contributed by atoms with van der Waals surface area (Å²) in [7, 11) is 0. The Labute approximate surface area is 161 Å². The van der Waals surface area contributed by atoms with Gasteiger partial charge in [0.1, 0.15) is 0 Å². The Morgan fingerprint density at radius 2 is 1.44 bits per heavy atom.